The second-order valence-corrected chi connectivity index (χ2v) is 11.2. The first-order chi connectivity index (χ1) is 13.9. The van der Waals surface area contributed by atoms with E-state index in [0.717, 1.165) is 12.0 Å². The van der Waals surface area contributed by atoms with Gasteiger partial charge in [0.1, 0.15) is 6.10 Å². The monoisotopic (exact) mass is 400 g/mol. The second kappa shape index (κ2) is 8.09. The predicted octanol–water partition coefficient (Wildman–Crippen LogP) is 4.10. The van der Waals surface area contributed by atoms with Crippen molar-refractivity contribution in [1.29, 1.82) is 0 Å². The first-order valence-corrected chi connectivity index (χ1v) is 12.0. The van der Waals surface area contributed by atoms with Crippen LogP contribution in [0.3, 0.4) is 0 Å². The molecule has 29 heavy (non-hydrogen) atoms. The fraction of sp³-hybridized carbons (Fsp3) is 0.269. The summed E-state index contributed by atoms with van der Waals surface area (Å²) in [5.41, 5.74) is 3.75. The van der Waals surface area contributed by atoms with Gasteiger partial charge < -0.3 is 4.43 Å². The molecular weight excluding hydrogens is 372 g/mol. The molecule has 4 rings (SSSR count). The van der Waals surface area contributed by atoms with Gasteiger partial charge in [0.15, 0.2) is 5.78 Å². The number of benzene rings is 3. The topological polar surface area (TPSA) is 26.3 Å². The Balaban J connectivity index is 1.77. The molecule has 3 heteroatoms. The molecule has 0 spiro atoms. The van der Waals surface area contributed by atoms with Crippen LogP contribution in [0.25, 0.3) is 0 Å². The lowest BCUT2D eigenvalue weighted by molar-refractivity contribution is -0.126. The summed E-state index contributed by atoms with van der Waals surface area (Å²) in [4.78, 5) is 13.0. The lowest BCUT2D eigenvalue weighted by Crippen LogP contribution is -2.47. The van der Waals surface area contributed by atoms with E-state index in [9.17, 15) is 4.79 Å². The van der Waals surface area contributed by atoms with E-state index < -0.39 is 15.1 Å². The third kappa shape index (κ3) is 4.12. The fourth-order valence-electron chi connectivity index (χ4n) is 4.28. The molecule has 0 heterocycles. The normalized spacial score (nSPS) is 16.7. The molecule has 0 saturated carbocycles. The van der Waals surface area contributed by atoms with E-state index in [-0.39, 0.29) is 11.2 Å². The van der Waals surface area contributed by atoms with Gasteiger partial charge in [-0.2, -0.15) is 0 Å². The van der Waals surface area contributed by atoms with E-state index in [4.69, 9.17) is 4.43 Å². The molecule has 0 N–H and O–H groups in total. The average Bonchev–Trinajstić information content (AvgIpc) is 2.73. The smallest absolute Gasteiger partial charge is 0.241 e. The van der Waals surface area contributed by atoms with Crippen molar-refractivity contribution in [2.45, 2.75) is 45.1 Å². The Kier molecular flexibility index (Phi) is 5.53. The molecule has 1 atom stereocenters. The van der Waals surface area contributed by atoms with Crippen LogP contribution < -0.4 is 10.4 Å². The third-order valence-corrected chi connectivity index (χ3v) is 8.22. The number of carbonyl (C=O) groups is 1. The van der Waals surface area contributed by atoms with Gasteiger partial charge in [0.05, 0.1) is 0 Å². The summed E-state index contributed by atoms with van der Waals surface area (Å²) in [6.45, 7) is 6.71. The van der Waals surface area contributed by atoms with Crippen LogP contribution in [0.1, 0.15) is 50.0 Å². The molecule has 1 unspecified atom stereocenters. The Morgan fingerprint density at radius 3 is 1.93 bits per heavy atom. The van der Waals surface area contributed by atoms with Gasteiger partial charge >= 0.3 is 0 Å². The maximum Gasteiger partial charge on any atom is 0.241 e. The molecular formula is C26H28O2Si. The van der Waals surface area contributed by atoms with E-state index in [0.29, 0.717) is 6.42 Å². The van der Waals surface area contributed by atoms with Crippen molar-refractivity contribution in [1.82, 2.24) is 0 Å². The molecule has 1 aliphatic rings. The molecule has 0 bridgehead atoms. The Labute approximate surface area is 175 Å². The van der Waals surface area contributed by atoms with Gasteiger partial charge in [0.25, 0.3) is 0 Å². The molecule has 0 aromatic heterocycles. The molecule has 2 nitrogen and oxygen atoms in total. The second-order valence-electron chi connectivity index (χ2n) is 8.81. The van der Waals surface area contributed by atoms with Gasteiger partial charge in [-0.25, -0.2) is 0 Å². The van der Waals surface area contributed by atoms with Gasteiger partial charge in [-0.05, 0) is 38.9 Å². The SMILES string of the molecule is CC(C)(C)c1cccc2c1CCC(=O)C2O[SiH](c1ccccc1)c1ccccc1. The van der Waals surface area contributed by atoms with Crippen LogP contribution in [-0.4, -0.2) is 14.8 Å². The highest BCUT2D eigenvalue weighted by Crippen LogP contribution is 2.37. The molecule has 1 aliphatic carbocycles. The van der Waals surface area contributed by atoms with Crippen molar-refractivity contribution in [3.63, 3.8) is 0 Å². The van der Waals surface area contributed by atoms with Crippen molar-refractivity contribution in [2.24, 2.45) is 0 Å². The van der Waals surface area contributed by atoms with Crippen LogP contribution in [0, 0.1) is 0 Å². The largest absolute Gasteiger partial charge is 0.397 e. The maximum absolute atomic E-state index is 13.0. The van der Waals surface area contributed by atoms with E-state index >= 15 is 0 Å². The first kappa shape index (κ1) is 19.8. The lowest BCUT2D eigenvalue weighted by Gasteiger charge is -2.33. The summed E-state index contributed by atoms with van der Waals surface area (Å²) in [6, 6.07) is 27.1. The highest BCUT2D eigenvalue weighted by molar-refractivity contribution is 6.80. The summed E-state index contributed by atoms with van der Waals surface area (Å²) < 4.78 is 6.76. The van der Waals surface area contributed by atoms with Gasteiger partial charge in [0, 0.05) is 6.42 Å². The van der Waals surface area contributed by atoms with Gasteiger partial charge in [-0.3, -0.25) is 4.79 Å². The van der Waals surface area contributed by atoms with Crippen LogP contribution in [0.5, 0.6) is 0 Å². The van der Waals surface area contributed by atoms with Crippen LogP contribution in [0.4, 0.5) is 0 Å². The highest BCUT2D eigenvalue weighted by atomic mass is 28.3. The highest BCUT2D eigenvalue weighted by Gasteiger charge is 2.34. The average molecular weight is 401 g/mol. The van der Waals surface area contributed by atoms with Crippen molar-refractivity contribution in [3.05, 3.63) is 95.6 Å². The Hall–Kier alpha value is -2.49. The zero-order chi connectivity index (χ0) is 20.4. The Bertz CT molecular complexity index is 951. The number of hydrogen-bond donors (Lipinski definition) is 0. The lowest BCUT2D eigenvalue weighted by atomic mass is 9.77. The molecule has 0 radical (unpaired) electrons. The van der Waals surface area contributed by atoms with Crippen LogP contribution in [0.15, 0.2) is 78.9 Å². The van der Waals surface area contributed by atoms with Gasteiger partial charge in [-0.1, -0.05) is 99.6 Å². The Morgan fingerprint density at radius 2 is 1.38 bits per heavy atom. The predicted molar refractivity (Wildman–Crippen MR) is 122 cm³/mol. The number of rotatable bonds is 4. The number of Topliss-reactive ketones (excluding diaryl/α,β-unsaturated/α-hetero) is 1. The first-order valence-electron chi connectivity index (χ1n) is 10.4. The zero-order valence-corrected chi connectivity index (χ0v) is 18.5. The van der Waals surface area contributed by atoms with E-state index in [1.165, 1.54) is 21.5 Å². The summed E-state index contributed by atoms with van der Waals surface area (Å²) in [5.74, 6) is 0.202. The number of hydrogen-bond acceptors (Lipinski definition) is 2. The summed E-state index contributed by atoms with van der Waals surface area (Å²) in [5, 5.41) is 2.40. The number of fused-ring (bicyclic) bond motifs is 1. The number of carbonyl (C=O) groups excluding carboxylic acids is 1. The summed E-state index contributed by atoms with van der Waals surface area (Å²) in [6.07, 6.45) is 0.887. The van der Waals surface area contributed by atoms with E-state index in [2.05, 4.69) is 87.5 Å². The molecule has 3 aromatic carbocycles. The van der Waals surface area contributed by atoms with Crippen molar-refractivity contribution in [3.8, 4) is 0 Å². The standard InChI is InChI=1S/C26H28O2Si/c1-26(2,3)23-16-10-15-22-21(23)17-18-24(27)25(22)28-29(19-11-6-4-7-12-19)20-13-8-5-9-14-20/h4-16,25,29H,17-18H2,1-3H3. The fourth-order valence-corrected chi connectivity index (χ4v) is 6.69. The molecule has 0 fully saturated rings. The molecule has 148 valence electrons. The Morgan fingerprint density at radius 1 is 0.793 bits per heavy atom. The minimum atomic E-state index is -2.00. The molecule has 0 saturated heterocycles. The van der Waals surface area contributed by atoms with Crippen LogP contribution >= 0.6 is 0 Å². The van der Waals surface area contributed by atoms with Crippen molar-refractivity contribution < 1.29 is 9.22 Å². The van der Waals surface area contributed by atoms with Crippen LogP contribution in [0.2, 0.25) is 0 Å². The maximum atomic E-state index is 13.0. The van der Waals surface area contributed by atoms with Crippen LogP contribution in [-0.2, 0) is 21.1 Å². The summed E-state index contributed by atoms with van der Waals surface area (Å²) >= 11 is 0. The van der Waals surface area contributed by atoms with Gasteiger partial charge in [0.2, 0.25) is 9.04 Å². The summed E-state index contributed by atoms with van der Waals surface area (Å²) in [7, 11) is -2.00. The molecule has 0 amide bonds. The molecule has 0 aliphatic heterocycles. The zero-order valence-electron chi connectivity index (χ0n) is 17.4. The third-order valence-electron chi connectivity index (χ3n) is 5.69. The van der Waals surface area contributed by atoms with Gasteiger partial charge in [-0.15, -0.1) is 0 Å². The van der Waals surface area contributed by atoms with E-state index in [1.54, 1.807) is 0 Å². The van der Waals surface area contributed by atoms with E-state index in [1.807, 2.05) is 12.1 Å². The quantitative estimate of drug-likeness (QED) is 0.617. The van der Waals surface area contributed by atoms with Crippen molar-refractivity contribution in [2.75, 3.05) is 0 Å². The minimum absolute atomic E-state index is 0.0476. The number of ketones is 1. The molecule has 3 aromatic rings. The van der Waals surface area contributed by atoms with Crippen molar-refractivity contribution >= 4 is 25.2 Å². The minimum Gasteiger partial charge on any atom is -0.397 e.